The number of rotatable bonds is 13. The lowest BCUT2D eigenvalue weighted by Gasteiger charge is -2.34. The van der Waals surface area contributed by atoms with Gasteiger partial charge in [-0.25, -0.2) is 22.9 Å². The number of halogens is 1. The summed E-state index contributed by atoms with van der Waals surface area (Å²) >= 11 is 0. The van der Waals surface area contributed by atoms with Crippen molar-refractivity contribution >= 4 is 23.5 Å². The molecule has 1 aromatic rings. The number of hydrogen-bond donors (Lipinski definition) is 7. The van der Waals surface area contributed by atoms with Crippen molar-refractivity contribution in [2.75, 3.05) is 13.2 Å². The first kappa shape index (κ1) is 29.7. The van der Waals surface area contributed by atoms with Crippen LogP contribution < -0.4 is 11.2 Å². The van der Waals surface area contributed by atoms with Gasteiger partial charge in [0.05, 0.1) is 6.61 Å². The highest BCUT2D eigenvalue weighted by Gasteiger charge is 2.47. The number of phosphoric acid groups is 3. The first-order chi connectivity index (χ1) is 14.8. The summed E-state index contributed by atoms with van der Waals surface area (Å²) in [6.45, 7) is 1.38. The fourth-order valence-corrected chi connectivity index (χ4v) is 5.11. The van der Waals surface area contributed by atoms with E-state index in [4.69, 9.17) is 19.4 Å². The molecule has 1 aromatic heterocycles. The smallest absolute Gasteiger partial charge is 0.392 e. The average molecular weight is 544 g/mol. The van der Waals surface area contributed by atoms with Crippen LogP contribution in [0.5, 0.6) is 0 Å². The minimum absolute atomic E-state index is 0.363. The molecule has 0 aliphatic heterocycles. The molecular weight excluding hydrogens is 524 g/mol. The maximum Gasteiger partial charge on any atom is 0.490 e. The number of hydrogen-bond acceptors (Lipinski definition) is 11. The van der Waals surface area contributed by atoms with Gasteiger partial charge >= 0.3 is 29.2 Å². The molecule has 190 valence electrons. The molecule has 7 N–H and O–H groups in total. The zero-order valence-electron chi connectivity index (χ0n) is 16.5. The highest BCUT2D eigenvalue weighted by molar-refractivity contribution is 7.66. The van der Waals surface area contributed by atoms with Gasteiger partial charge in [0.2, 0.25) is 0 Å². The fourth-order valence-electron chi connectivity index (χ4n) is 2.08. The topological polar surface area (TPSA) is 264 Å². The summed E-state index contributed by atoms with van der Waals surface area (Å²) in [7, 11) is -17.4. The summed E-state index contributed by atoms with van der Waals surface area (Å²) in [4.78, 5) is 60.4. The highest BCUT2D eigenvalue weighted by Crippen LogP contribution is 2.66. The Morgan fingerprint density at radius 1 is 1.21 bits per heavy atom. The van der Waals surface area contributed by atoms with Crippen LogP contribution in [-0.2, 0) is 31.6 Å². The van der Waals surface area contributed by atoms with Gasteiger partial charge in [-0.15, -0.1) is 0 Å². The maximum absolute atomic E-state index is 15.5. The molecule has 0 aliphatic rings. The predicted molar refractivity (Wildman–Crippen MR) is 103 cm³/mol. The Morgan fingerprint density at radius 2 is 1.79 bits per heavy atom. The van der Waals surface area contributed by atoms with Crippen molar-refractivity contribution in [3.8, 4) is 0 Å². The number of alkyl halides is 1. The first-order valence-corrected chi connectivity index (χ1v) is 12.7. The van der Waals surface area contributed by atoms with Crippen molar-refractivity contribution in [1.29, 1.82) is 0 Å². The van der Waals surface area contributed by atoms with Gasteiger partial charge < -0.3 is 34.5 Å². The van der Waals surface area contributed by atoms with Crippen molar-refractivity contribution in [3.05, 3.63) is 45.3 Å². The Kier molecular flexibility index (Phi) is 9.82. The molecule has 33 heavy (non-hydrogen) atoms. The van der Waals surface area contributed by atoms with Crippen LogP contribution in [0.1, 0.15) is 13.2 Å². The minimum Gasteiger partial charge on any atom is -0.392 e. The number of phosphoric ester groups is 1. The van der Waals surface area contributed by atoms with E-state index in [2.05, 4.69) is 19.7 Å². The number of aliphatic hydroxyl groups excluding tert-OH is 2. The largest absolute Gasteiger partial charge is 0.490 e. The van der Waals surface area contributed by atoms with Crippen molar-refractivity contribution in [2.45, 2.75) is 25.1 Å². The third kappa shape index (κ3) is 9.42. The molecule has 5 atom stereocenters. The molecule has 0 radical (unpaired) electrons. The van der Waals surface area contributed by atoms with Crippen LogP contribution in [0.25, 0.3) is 0 Å². The summed E-state index contributed by atoms with van der Waals surface area (Å²) in [5.74, 6) is -3.60. The Morgan fingerprint density at radius 3 is 2.24 bits per heavy atom. The van der Waals surface area contributed by atoms with Crippen molar-refractivity contribution in [2.24, 2.45) is 0 Å². The summed E-state index contributed by atoms with van der Waals surface area (Å²) in [5.41, 5.74) is -2.39. The van der Waals surface area contributed by atoms with E-state index >= 15 is 4.39 Å². The Labute approximate surface area is 183 Å². The number of aromatic amines is 1. The standard InChI is InChI=1S/C12H20FN2O15P3/c1-7(2)10(18)12(13,28-9(5-16)15-4-3-8(17)14-11(15)19)6-27-32(23,24)30-33(25,26)29-31(20,21)22/h3-4,9-10,16,18H,1,5-6H2,2H3,(H,23,24)(H,25,26)(H,14,17,19)(H2,20,21,22)/t9-,10?,12-/m1/s1. The van der Waals surface area contributed by atoms with Gasteiger partial charge in [-0.1, -0.05) is 6.58 Å². The SMILES string of the molecule is C=C(C)C(O)[C@@](F)(COP(=O)(O)OP(=O)(O)OP(=O)(O)O)O[C@H](CO)n1ccc(=O)[nH]c1=O. The summed E-state index contributed by atoms with van der Waals surface area (Å²) in [5, 5.41) is 19.6. The molecule has 17 nitrogen and oxygen atoms in total. The molecule has 1 rings (SSSR count). The zero-order valence-corrected chi connectivity index (χ0v) is 19.1. The van der Waals surface area contributed by atoms with E-state index < -0.39 is 66.1 Å². The van der Waals surface area contributed by atoms with Crippen LogP contribution in [0, 0.1) is 0 Å². The predicted octanol–water partition coefficient (Wildman–Crippen LogP) is -1.01. The van der Waals surface area contributed by atoms with E-state index in [-0.39, 0.29) is 5.57 Å². The van der Waals surface area contributed by atoms with Crippen LogP contribution >= 0.6 is 23.5 Å². The van der Waals surface area contributed by atoms with Gasteiger partial charge in [0.1, 0.15) is 12.7 Å². The maximum atomic E-state index is 15.5. The van der Waals surface area contributed by atoms with Crippen LogP contribution in [0.4, 0.5) is 4.39 Å². The van der Waals surface area contributed by atoms with E-state index in [0.717, 1.165) is 19.2 Å². The van der Waals surface area contributed by atoms with E-state index in [1.54, 1.807) is 4.98 Å². The molecule has 0 aromatic carbocycles. The Balaban J connectivity index is 3.18. The summed E-state index contributed by atoms with van der Waals surface area (Å²) < 4.78 is 65.7. The molecule has 0 fully saturated rings. The van der Waals surface area contributed by atoms with E-state index in [0.29, 0.717) is 4.57 Å². The number of nitrogens with zero attached hydrogens (tertiary/aromatic N) is 1. The third-order valence-electron chi connectivity index (χ3n) is 3.37. The molecule has 1 heterocycles. The molecular formula is C12H20FN2O15P3. The van der Waals surface area contributed by atoms with Gasteiger partial charge in [0, 0.05) is 12.3 Å². The normalized spacial score (nSPS) is 19.6. The van der Waals surface area contributed by atoms with Gasteiger partial charge in [-0.2, -0.15) is 8.62 Å². The Bertz CT molecular complexity index is 1110. The van der Waals surface area contributed by atoms with Crippen LogP contribution in [-0.4, -0.2) is 64.5 Å². The molecule has 3 unspecified atom stereocenters. The molecule has 0 aliphatic carbocycles. The summed E-state index contributed by atoms with van der Waals surface area (Å²) in [6, 6.07) is 0.800. The van der Waals surface area contributed by atoms with E-state index in [1.165, 1.54) is 0 Å². The van der Waals surface area contributed by atoms with Gasteiger partial charge in [0.25, 0.3) is 11.4 Å². The number of aliphatic hydroxyl groups is 2. The lowest BCUT2D eigenvalue weighted by Crippen LogP contribution is -2.48. The highest BCUT2D eigenvalue weighted by atomic mass is 31.3. The molecule has 0 saturated heterocycles. The zero-order chi connectivity index (χ0) is 25.8. The quantitative estimate of drug-likeness (QED) is 0.116. The van der Waals surface area contributed by atoms with Crippen molar-refractivity contribution in [3.63, 3.8) is 0 Å². The fraction of sp³-hybridized carbons (Fsp3) is 0.500. The van der Waals surface area contributed by atoms with Crippen molar-refractivity contribution < 1.29 is 65.8 Å². The van der Waals surface area contributed by atoms with Crippen molar-refractivity contribution in [1.82, 2.24) is 9.55 Å². The molecule has 0 spiro atoms. The van der Waals surface area contributed by atoms with Gasteiger partial charge in [0.15, 0.2) is 6.23 Å². The lowest BCUT2D eigenvalue weighted by atomic mass is 10.1. The number of H-pyrrole nitrogens is 1. The second-order valence-corrected chi connectivity index (χ2v) is 10.6. The monoisotopic (exact) mass is 544 g/mol. The number of aromatic nitrogens is 2. The van der Waals surface area contributed by atoms with Crippen LogP contribution in [0.3, 0.4) is 0 Å². The minimum atomic E-state index is -5.92. The van der Waals surface area contributed by atoms with Crippen LogP contribution in [0.15, 0.2) is 34.0 Å². The first-order valence-electron chi connectivity index (χ1n) is 8.22. The van der Waals surface area contributed by atoms with Crippen LogP contribution in [0.2, 0.25) is 0 Å². The second kappa shape index (κ2) is 10.9. The number of nitrogens with one attached hydrogen (secondary N) is 1. The third-order valence-corrected chi connectivity index (χ3v) is 7.15. The number of ether oxygens (including phenoxy) is 1. The second-order valence-electron chi connectivity index (χ2n) is 6.17. The Hall–Kier alpha value is -1.36. The molecule has 0 bridgehead atoms. The van der Waals surface area contributed by atoms with E-state index in [9.17, 15) is 38.4 Å². The summed E-state index contributed by atoms with van der Waals surface area (Å²) in [6.07, 6.45) is -3.53. The molecule has 0 saturated carbocycles. The molecule has 21 heteroatoms. The van der Waals surface area contributed by atoms with Gasteiger partial charge in [-0.05, 0) is 12.5 Å². The molecule has 0 amide bonds. The van der Waals surface area contributed by atoms with E-state index in [1.807, 2.05) is 0 Å². The lowest BCUT2D eigenvalue weighted by molar-refractivity contribution is -0.261. The van der Waals surface area contributed by atoms with Gasteiger partial charge in [-0.3, -0.25) is 18.9 Å². The average Bonchev–Trinajstić information content (AvgIpc) is 2.61.